The first-order valence-corrected chi connectivity index (χ1v) is 7.15. The number of hydrogen-bond acceptors (Lipinski definition) is 4. The van der Waals surface area contributed by atoms with Crippen molar-refractivity contribution in [3.63, 3.8) is 0 Å². The molecule has 0 radical (unpaired) electrons. The first-order valence-electron chi connectivity index (χ1n) is 6.27. The summed E-state index contributed by atoms with van der Waals surface area (Å²) in [5.41, 5.74) is 7.36. The van der Waals surface area contributed by atoms with Crippen LogP contribution < -0.4 is 5.73 Å². The number of aromatic nitrogens is 2. The highest BCUT2D eigenvalue weighted by atomic mass is 32.2. The minimum absolute atomic E-state index is 0.267. The predicted octanol–water partition coefficient (Wildman–Crippen LogP) is 2.64. The highest BCUT2D eigenvalue weighted by Crippen LogP contribution is 2.37. The van der Waals surface area contributed by atoms with Crippen molar-refractivity contribution in [1.82, 2.24) is 9.97 Å². The number of aryl methyl sites for hydroxylation is 1. The molecule has 1 fully saturated rings. The van der Waals surface area contributed by atoms with Crippen LogP contribution in [-0.2, 0) is 0 Å². The molecule has 1 aromatic heterocycles. The minimum atomic E-state index is 0.267. The predicted molar refractivity (Wildman–Crippen MR) is 72.0 cm³/mol. The number of thioether (sulfide) groups is 1. The van der Waals surface area contributed by atoms with Crippen molar-refractivity contribution in [3.05, 3.63) is 18.0 Å². The van der Waals surface area contributed by atoms with Gasteiger partial charge in [-0.05, 0) is 37.2 Å². The number of rotatable bonds is 2. The van der Waals surface area contributed by atoms with E-state index in [0.717, 1.165) is 23.1 Å². The van der Waals surface area contributed by atoms with Gasteiger partial charge in [0.25, 0.3) is 0 Å². The SMILES string of the molecule is Cc1cnc(SC2C(C)CC(C)CC2N)nc1. The monoisotopic (exact) mass is 251 g/mol. The molecule has 4 unspecified atom stereocenters. The lowest BCUT2D eigenvalue weighted by molar-refractivity contribution is 0.279. The minimum Gasteiger partial charge on any atom is -0.327 e. The van der Waals surface area contributed by atoms with E-state index in [1.54, 1.807) is 11.8 Å². The maximum absolute atomic E-state index is 6.26. The summed E-state index contributed by atoms with van der Waals surface area (Å²) in [4.78, 5) is 8.71. The van der Waals surface area contributed by atoms with Crippen molar-refractivity contribution in [3.8, 4) is 0 Å². The lowest BCUT2D eigenvalue weighted by Gasteiger charge is -2.36. The Morgan fingerprint density at radius 1 is 1.24 bits per heavy atom. The second-order valence-electron chi connectivity index (χ2n) is 5.34. The van der Waals surface area contributed by atoms with Crippen LogP contribution in [0.25, 0.3) is 0 Å². The van der Waals surface area contributed by atoms with Gasteiger partial charge in [0.05, 0.1) is 0 Å². The van der Waals surface area contributed by atoms with Crippen molar-refractivity contribution >= 4 is 11.8 Å². The summed E-state index contributed by atoms with van der Waals surface area (Å²) in [6.45, 7) is 6.59. The molecule has 1 aliphatic rings. The molecule has 17 heavy (non-hydrogen) atoms. The molecule has 1 aromatic rings. The van der Waals surface area contributed by atoms with Gasteiger partial charge in [-0.25, -0.2) is 9.97 Å². The molecule has 2 rings (SSSR count). The van der Waals surface area contributed by atoms with E-state index in [4.69, 9.17) is 5.73 Å². The number of nitrogens with zero attached hydrogens (tertiary/aromatic N) is 2. The molecule has 0 aromatic carbocycles. The zero-order valence-electron chi connectivity index (χ0n) is 10.8. The molecule has 0 saturated heterocycles. The maximum atomic E-state index is 6.26. The summed E-state index contributed by atoms with van der Waals surface area (Å²) in [6.07, 6.45) is 6.12. The van der Waals surface area contributed by atoms with Gasteiger partial charge in [0.15, 0.2) is 5.16 Å². The Kier molecular flexibility index (Phi) is 4.05. The van der Waals surface area contributed by atoms with Gasteiger partial charge in [0, 0.05) is 23.7 Å². The summed E-state index contributed by atoms with van der Waals surface area (Å²) in [7, 11) is 0. The van der Waals surface area contributed by atoms with Crippen molar-refractivity contribution in [2.75, 3.05) is 0 Å². The fourth-order valence-corrected chi connectivity index (χ4v) is 3.75. The largest absolute Gasteiger partial charge is 0.327 e. The van der Waals surface area contributed by atoms with Gasteiger partial charge in [0.1, 0.15) is 0 Å². The zero-order chi connectivity index (χ0) is 12.4. The van der Waals surface area contributed by atoms with Crippen LogP contribution >= 0.6 is 11.8 Å². The first kappa shape index (κ1) is 12.8. The summed E-state index contributed by atoms with van der Waals surface area (Å²) in [5, 5.41) is 1.31. The average molecular weight is 251 g/mol. The third kappa shape index (κ3) is 3.19. The van der Waals surface area contributed by atoms with E-state index in [1.807, 2.05) is 19.3 Å². The Morgan fingerprint density at radius 2 is 1.88 bits per heavy atom. The van der Waals surface area contributed by atoms with Crippen LogP contribution in [0.15, 0.2) is 17.6 Å². The highest BCUT2D eigenvalue weighted by Gasteiger charge is 2.32. The third-order valence-electron chi connectivity index (χ3n) is 3.43. The lowest BCUT2D eigenvalue weighted by Crippen LogP contribution is -2.43. The van der Waals surface area contributed by atoms with Gasteiger partial charge < -0.3 is 5.73 Å². The van der Waals surface area contributed by atoms with E-state index in [9.17, 15) is 0 Å². The molecule has 1 heterocycles. The van der Waals surface area contributed by atoms with Gasteiger partial charge in [-0.15, -0.1) is 0 Å². The van der Waals surface area contributed by atoms with E-state index in [2.05, 4.69) is 23.8 Å². The zero-order valence-corrected chi connectivity index (χ0v) is 11.6. The molecule has 0 bridgehead atoms. The van der Waals surface area contributed by atoms with E-state index in [1.165, 1.54) is 6.42 Å². The molecule has 1 saturated carbocycles. The Hall–Kier alpha value is -0.610. The molecule has 0 spiro atoms. The standard InChI is InChI=1S/C13H21N3S/c1-8-4-10(3)12(11(14)5-8)17-13-15-6-9(2)7-16-13/h6-8,10-12H,4-5,14H2,1-3H3. The van der Waals surface area contributed by atoms with E-state index >= 15 is 0 Å². The summed E-state index contributed by atoms with van der Waals surface area (Å²) < 4.78 is 0. The van der Waals surface area contributed by atoms with Crippen molar-refractivity contribution in [2.24, 2.45) is 17.6 Å². The van der Waals surface area contributed by atoms with Gasteiger partial charge in [-0.3, -0.25) is 0 Å². The first-order chi connectivity index (χ1) is 8.06. The summed E-state index contributed by atoms with van der Waals surface area (Å²) in [6, 6.07) is 0.267. The molecule has 2 N–H and O–H groups in total. The van der Waals surface area contributed by atoms with Crippen LogP contribution in [0.4, 0.5) is 0 Å². The molecule has 4 heteroatoms. The van der Waals surface area contributed by atoms with Crippen LogP contribution in [0.2, 0.25) is 0 Å². The van der Waals surface area contributed by atoms with Crippen LogP contribution in [0.3, 0.4) is 0 Å². The summed E-state index contributed by atoms with van der Waals surface area (Å²) >= 11 is 1.74. The quantitative estimate of drug-likeness (QED) is 0.821. The number of nitrogens with two attached hydrogens (primary N) is 1. The van der Waals surface area contributed by atoms with E-state index < -0.39 is 0 Å². The molecular weight excluding hydrogens is 230 g/mol. The van der Waals surface area contributed by atoms with Gasteiger partial charge in [-0.1, -0.05) is 25.6 Å². The lowest BCUT2D eigenvalue weighted by atomic mass is 9.80. The van der Waals surface area contributed by atoms with Crippen LogP contribution in [0.1, 0.15) is 32.3 Å². The molecule has 94 valence electrons. The third-order valence-corrected chi connectivity index (χ3v) is 4.94. The van der Waals surface area contributed by atoms with Crippen molar-refractivity contribution in [1.29, 1.82) is 0 Å². The number of hydrogen-bond donors (Lipinski definition) is 1. The van der Waals surface area contributed by atoms with Crippen LogP contribution in [0.5, 0.6) is 0 Å². The second-order valence-corrected chi connectivity index (χ2v) is 6.49. The normalized spacial score (nSPS) is 33.6. The molecule has 0 aliphatic heterocycles. The van der Waals surface area contributed by atoms with Gasteiger partial charge >= 0.3 is 0 Å². The van der Waals surface area contributed by atoms with Crippen LogP contribution in [-0.4, -0.2) is 21.3 Å². The fraction of sp³-hybridized carbons (Fsp3) is 0.692. The molecular formula is C13H21N3S. The topological polar surface area (TPSA) is 51.8 Å². The smallest absolute Gasteiger partial charge is 0.187 e. The fourth-order valence-electron chi connectivity index (χ4n) is 2.65. The van der Waals surface area contributed by atoms with E-state index in [0.29, 0.717) is 11.2 Å². The molecule has 4 atom stereocenters. The second kappa shape index (κ2) is 5.36. The van der Waals surface area contributed by atoms with Crippen LogP contribution in [0, 0.1) is 18.8 Å². The van der Waals surface area contributed by atoms with Crippen molar-refractivity contribution in [2.45, 2.75) is 50.1 Å². The Balaban J connectivity index is 2.04. The Labute approximate surface area is 108 Å². The van der Waals surface area contributed by atoms with Gasteiger partial charge in [-0.2, -0.15) is 0 Å². The van der Waals surface area contributed by atoms with E-state index in [-0.39, 0.29) is 6.04 Å². The summed E-state index contributed by atoms with van der Waals surface area (Å²) in [5.74, 6) is 1.39. The molecule has 3 nitrogen and oxygen atoms in total. The Bertz CT molecular complexity index is 353. The van der Waals surface area contributed by atoms with Gasteiger partial charge in [0.2, 0.25) is 0 Å². The van der Waals surface area contributed by atoms with Crippen molar-refractivity contribution < 1.29 is 0 Å². The average Bonchev–Trinajstić information content (AvgIpc) is 2.26. The maximum Gasteiger partial charge on any atom is 0.187 e. The highest BCUT2D eigenvalue weighted by molar-refractivity contribution is 7.99. The molecule has 0 amide bonds. The Morgan fingerprint density at radius 3 is 2.47 bits per heavy atom. The molecule has 1 aliphatic carbocycles.